The largest absolute Gasteiger partial charge is 0.404 e. The lowest BCUT2D eigenvalue weighted by Gasteiger charge is -2.55. The van der Waals surface area contributed by atoms with Gasteiger partial charge in [-0.1, -0.05) is 123 Å². The van der Waals surface area contributed by atoms with Gasteiger partial charge in [-0.2, -0.15) is 0 Å². The van der Waals surface area contributed by atoms with Crippen LogP contribution in [0.3, 0.4) is 0 Å². The maximum absolute atomic E-state index is 13.5. The molecule has 0 aromatic heterocycles. The molecule has 4 rings (SSSR count). The Morgan fingerprint density at radius 1 is 0.816 bits per heavy atom. The summed E-state index contributed by atoms with van der Waals surface area (Å²) in [4.78, 5) is 13.5. The van der Waals surface area contributed by atoms with Crippen molar-refractivity contribution >= 4 is 33.0 Å². The SMILES string of the molecule is CC(C)(C)[Si](OC[C@@H]1O[C@@H]2CO[Si](C(C)(C)C)(C(C)(C)C)O[C@H]2CC1=O)(c1ccccc1)c1ccccc1. The first-order valence-corrected chi connectivity index (χ1v) is 17.6. The zero-order valence-corrected chi connectivity index (χ0v) is 26.7. The van der Waals surface area contributed by atoms with E-state index in [4.69, 9.17) is 18.0 Å². The van der Waals surface area contributed by atoms with E-state index >= 15 is 0 Å². The van der Waals surface area contributed by atoms with Gasteiger partial charge in [-0.05, 0) is 15.4 Å². The quantitative estimate of drug-likeness (QED) is 0.441. The molecule has 0 saturated carbocycles. The predicted octanol–water partition coefficient (Wildman–Crippen LogP) is 5.75. The number of ketones is 1. The van der Waals surface area contributed by atoms with E-state index in [-0.39, 0.29) is 39.7 Å². The van der Waals surface area contributed by atoms with Gasteiger partial charge in [-0.15, -0.1) is 0 Å². The third-order valence-electron chi connectivity index (χ3n) is 8.13. The van der Waals surface area contributed by atoms with Crippen molar-refractivity contribution < 1.29 is 22.8 Å². The first-order valence-electron chi connectivity index (χ1n) is 13.9. The molecular weight excluding hydrogens is 509 g/mol. The van der Waals surface area contributed by atoms with Crippen molar-refractivity contribution in [3.8, 4) is 0 Å². The second kappa shape index (κ2) is 10.4. The van der Waals surface area contributed by atoms with E-state index < -0.39 is 23.0 Å². The molecule has 0 radical (unpaired) electrons. The summed E-state index contributed by atoms with van der Waals surface area (Å²) in [5, 5.41) is 1.94. The Labute approximate surface area is 231 Å². The minimum absolute atomic E-state index is 0.0526. The zero-order valence-electron chi connectivity index (χ0n) is 24.7. The molecule has 2 aromatic carbocycles. The highest BCUT2D eigenvalue weighted by atomic mass is 28.4. The molecule has 0 N–H and O–H groups in total. The standard InChI is InChI=1S/C31H46O5Si2/c1-29(2,3)37(23-16-12-10-13-17-23,24-18-14-11-15-19-24)33-21-27-25(32)20-26-28(35-27)22-34-38(36-26,30(4,5)6)31(7,8)9/h10-19,26-28H,20-22H2,1-9H3/t26-,27-,28+/m0/s1. The molecule has 2 aliphatic heterocycles. The van der Waals surface area contributed by atoms with Crippen LogP contribution in [-0.2, 0) is 22.8 Å². The summed E-state index contributed by atoms with van der Waals surface area (Å²) < 4.78 is 26.9. The molecule has 0 amide bonds. The van der Waals surface area contributed by atoms with Crippen molar-refractivity contribution in [2.75, 3.05) is 13.2 Å². The molecule has 0 spiro atoms. The maximum atomic E-state index is 13.5. The number of carbonyl (C=O) groups is 1. The lowest BCUT2D eigenvalue weighted by molar-refractivity contribution is -0.179. The van der Waals surface area contributed by atoms with Crippen LogP contribution in [0.15, 0.2) is 60.7 Å². The lowest BCUT2D eigenvalue weighted by Crippen LogP contribution is -2.69. The molecule has 5 nitrogen and oxygen atoms in total. The van der Waals surface area contributed by atoms with Gasteiger partial charge in [0.05, 0.1) is 19.3 Å². The monoisotopic (exact) mass is 554 g/mol. The summed E-state index contributed by atoms with van der Waals surface area (Å²) in [6.45, 7) is 20.5. The number of carbonyl (C=O) groups excluding carboxylic acids is 1. The van der Waals surface area contributed by atoms with E-state index in [1.165, 1.54) is 10.4 Å². The summed E-state index contributed by atoms with van der Waals surface area (Å²) in [6.07, 6.45) is -0.844. The number of ether oxygens (including phenoxy) is 1. The Hall–Kier alpha value is -1.62. The Kier molecular flexibility index (Phi) is 8.05. The number of hydrogen-bond acceptors (Lipinski definition) is 5. The van der Waals surface area contributed by atoms with Crippen LogP contribution in [0, 0.1) is 0 Å². The van der Waals surface area contributed by atoms with E-state index in [0.717, 1.165) is 0 Å². The highest BCUT2D eigenvalue weighted by molar-refractivity contribution is 6.99. The molecule has 2 aliphatic rings. The highest BCUT2D eigenvalue weighted by Crippen LogP contribution is 2.55. The first kappa shape index (κ1) is 29.4. The number of benzene rings is 2. The van der Waals surface area contributed by atoms with Crippen molar-refractivity contribution in [3.63, 3.8) is 0 Å². The molecule has 0 unspecified atom stereocenters. The van der Waals surface area contributed by atoms with Crippen LogP contribution in [0.2, 0.25) is 15.1 Å². The van der Waals surface area contributed by atoms with Gasteiger partial charge in [-0.25, -0.2) is 0 Å². The van der Waals surface area contributed by atoms with Gasteiger partial charge in [0.2, 0.25) is 0 Å². The first-order chi connectivity index (χ1) is 17.6. The number of rotatable bonds is 5. The fourth-order valence-electron chi connectivity index (χ4n) is 6.55. The van der Waals surface area contributed by atoms with Crippen molar-refractivity contribution in [2.45, 2.75) is 102 Å². The summed E-state index contributed by atoms with van der Waals surface area (Å²) in [5.41, 5.74) is 0. The molecule has 3 atom stereocenters. The van der Waals surface area contributed by atoms with Crippen LogP contribution in [0.5, 0.6) is 0 Å². The minimum atomic E-state index is -2.77. The average Bonchev–Trinajstić information content (AvgIpc) is 2.83. The van der Waals surface area contributed by atoms with Gasteiger partial charge < -0.3 is 18.0 Å². The summed E-state index contributed by atoms with van der Waals surface area (Å²) in [6, 6.07) is 21.0. The second-order valence-corrected chi connectivity index (χ2v) is 23.0. The molecule has 2 fully saturated rings. The molecule has 0 aliphatic carbocycles. The van der Waals surface area contributed by atoms with Crippen LogP contribution in [-0.4, -0.2) is 54.2 Å². The molecule has 2 saturated heterocycles. The van der Waals surface area contributed by atoms with E-state index in [1.807, 2.05) is 12.1 Å². The summed E-state index contributed by atoms with van der Waals surface area (Å²) >= 11 is 0. The van der Waals surface area contributed by atoms with Crippen molar-refractivity contribution in [1.29, 1.82) is 0 Å². The number of hydrogen-bond donors (Lipinski definition) is 0. The van der Waals surface area contributed by atoms with Crippen molar-refractivity contribution in [3.05, 3.63) is 60.7 Å². The average molecular weight is 555 g/mol. The van der Waals surface area contributed by atoms with E-state index in [1.54, 1.807) is 0 Å². The molecular formula is C31H46O5Si2. The molecule has 2 heterocycles. The third-order valence-corrected chi connectivity index (χ3v) is 18.3. The fourth-order valence-corrected chi connectivity index (χ4v) is 16.1. The van der Waals surface area contributed by atoms with Crippen LogP contribution in [0.4, 0.5) is 0 Å². The van der Waals surface area contributed by atoms with Crippen LogP contribution in [0.1, 0.15) is 68.7 Å². The third kappa shape index (κ3) is 5.14. The van der Waals surface area contributed by atoms with E-state index in [2.05, 4.69) is 111 Å². The molecule has 38 heavy (non-hydrogen) atoms. The maximum Gasteiger partial charge on any atom is 0.349 e. The van der Waals surface area contributed by atoms with E-state index in [0.29, 0.717) is 13.0 Å². The molecule has 208 valence electrons. The predicted molar refractivity (Wildman–Crippen MR) is 158 cm³/mol. The van der Waals surface area contributed by atoms with Crippen molar-refractivity contribution in [2.24, 2.45) is 0 Å². The van der Waals surface area contributed by atoms with Crippen LogP contribution < -0.4 is 10.4 Å². The Morgan fingerprint density at radius 3 is 1.76 bits per heavy atom. The highest BCUT2D eigenvalue weighted by Gasteiger charge is 2.63. The molecule has 0 bridgehead atoms. The number of fused-ring (bicyclic) bond motifs is 1. The Bertz CT molecular complexity index is 1050. The van der Waals surface area contributed by atoms with Gasteiger partial charge in [0.1, 0.15) is 12.2 Å². The van der Waals surface area contributed by atoms with Crippen LogP contribution >= 0.6 is 0 Å². The smallest absolute Gasteiger partial charge is 0.349 e. The molecule has 7 heteroatoms. The Morgan fingerprint density at radius 2 is 1.32 bits per heavy atom. The fraction of sp³-hybridized carbons (Fsp3) is 0.581. The zero-order chi connectivity index (χ0) is 28.0. The molecule has 2 aromatic rings. The second-order valence-electron chi connectivity index (χ2n) is 13.9. The van der Waals surface area contributed by atoms with Gasteiger partial charge >= 0.3 is 8.56 Å². The topological polar surface area (TPSA) is 54.0 Å². The van der Waals surface area contributed by atoms with Crippen molar-refractivity contribution in [1.82, 2.24) is 0 Å². The van der Waals surface area contributed by atoms with Crippen LogP contribution in [0.25, 0.3) is 0 Å². The van der Waals surface area contributed by atoms with Gasteiger partial charge in [0, 0.05) is 16.5 Å². The number of Topliss-reactive ketones (excluding diaryl/α,β-unsaturated/α-hetero) is 1. The van der Waals surface area contributed by atoms with E-state index in [9.17, 15) is 4.79 Å². The van der Waals surface area contributed by atoms with Gasteiger partial charge in [-0.3, -0.25) is 4.79 Å². The minimum Gasteiger partial charge on any atom is -0.404 e. The van der Waals surface area contributed by atoms with Gasteiger partial charge in [0.25, 0.3) is 8.32 Å². The summed E-state index contributed by atoms with van der Waals surface area (Å²) in [5.74, 6) is 0.0526. The Balaban J connectivity index is 1.60. The summed E-state index contributed by atoms with van der Waals surface area (Å²) in [7, 11) is -5.43. The van der Waals surface area contributed by atoms with Gasteiger partial charge in [0.15, 0.2) is 5.78 Å². The lowest BCUT2D eigenvalue weighted by atomic mass is 10.0. The normalized spacial score (nSPS) is 24.7.